The van der Waals surface area contributed by atoms with Crippen LogP contribution in [0, 0.1) is 10.8 Å². The minimum Gasteiger partial charge on any atom is -0.445 e. The van der Waals surface area contributed by atoms with Crippen LogP contribution in [0.1, 0.15) is 40.3 Å². The number of aliphatic hydroxyl groups is 1. The molecule has 5 N–H and O–H groups in total. The normalized spacial score (nSPS) is 14.8. The van der Waals surface area contributed by atoms with E-state index in [9.17, 15) is 14.7 Å². The summed E-state index contributed by atoms with van der Waals surface area (Å²) >= 11 is 0. The third-order valence-corrected chi connectivity index (χ3v) is 3.84. The van der Waals surface area contributed by atoms with Crippen LogP contribution in [-0.2, 0) is 16.0 Å². The number of primary amides is 1. The molecule has 8 nitrogen and oxygen atoms in total. The molecule has 1 aromatic heterocycles. The molecule has 0 aliphatic heterocycles. The van der Waals surface area contributed by atoms with Crippen LogP contribution in [0.2, 0.25) is 0 Å². The lowest BCUT2D eigenvalue weighted by molar-refractivity contribution is -0.141. The number of carbonyl (C=O) groups is 2. The summed E-state index contributed by atoms with van der Waals surface area (Å²) < 4.78 is 5.22. The molecule has 0 saturated carbocycles. The van der Waals surface area contributed by atoms with Gasteiger partial charge in [-0.05, 0) is 13.8 Å². The van der Waals surface area contributed by atoms with Crippen molar-refractivity contribution in [1.82, 2.24) is 15.3 Å². The first-order valence-electron chi connectivity index (χ1n) is 7.83. The molecular weight excluding hydrogens is 312 g/mol. The Labute approximate surface area is 142 Å². The molecule has 0 aliphatic rings. The summed E-state index contributed by atoms with van der Waals surface area (Å²) in [6.07, 6.45) is 1.93. The van der Waals surface area contributed by atoms with Gasteiger partial charge in [0, 0.05) is 23.7 Å². The molecule has 1 aromatic rings. The molecule has 8 heteroatoms. The first-order chi connectivity index (χ1) is 11.0. The first kappa shape index (κ1) is 20.0. The number of nitrogens with zero attached hydrogens (tertiary/aromatic N) is 1. The number of amides is 2. The number of ether oxygens (including phenoxy) is 1. The van der Waals surface area contributed by atoms with E-state index in [-0.39, 0.29) is 12.5 Å². The summed E-state index contributed by atoms with van der Waals surface area (Å²) in [5.74, 6) is -0.331. The van der Waals surface area contributed by atoms with Gasteiger partial charge < -0.3 is 25.9 Å². The zero-order valence-electron chi connectivity index (χ0n) is 14.9. The number of rotatable bonds is 7. The lowest BCUT2D eigenvalue weighted by Crippen LogP contribution is -2.55. The highest BCUT2D eigenvalue weighted by molar-refractivity contribution is 5.83. The maximum atomic E-state index is 12.8. The molecule has 1 heterocycles. The molecule has 0 aromatic carbocycles. The van der Waals surface area contributed by atoms with E-state index < -0.39 is 29.1 Å². The first-order valence-corrected chi connectivity index (χ1v) is 7.83. The van der Waals surface area contributed by atoms with E-state index in [0.717, 1.165) is 5.69 Å². The number of nitrogens with two attached hydrogens (primary N) is 1. The molecule has 1 rings (SSSR count). The van der Waals surface area contributed by atoms with Crippen molar-refractivity contribution in [2.75, 3.05) is 6.61 Å². The molecule has 0 fully saturated rings. The van der Waals surface area contributed by atoms with E-state index in [1.807, 2.05) is 20.8 Å². The van der Waals surface area contributed by atoms with Crippen LogP contribution in [0.3, 0.4) is 0 Å². The van der Waals surface area contributed by atoms with Crippen LogP contribution in [0.4, 0.5) is 4.79 Å². The largest absolute Gasteiger partial charge is 0.445 e. The third-order valence-electron chi connectivity index (χ3n) is 3.84. The van der Waals surface area contributed by atoms with Crippen LogP contribution < -0.4 is 11.1 Å². The summed E-state index contributed by atoms with van der Waals surface area (Å²) in [6.45, 7) is 8.74. The maximum absolute atomic E-state index is 12.8. The van der Waals surface area contributed by atoms with Crippen molar-refractivity contribution < 1.29 is 19.4 Å². The Bertz CT molecular complexity index is 549. The molecular formula is C16H28N4O4. The topological polar surface area (TPSA) is 130 Å². The van der Waals surface area contributed by atoms with Crippen molar-refractivity contribution in [3.8, 4) is 0 Å². The van der Waals surface area contributed by atoms with Gasteiger partial charge in [-0.1, -0.05) is 20.8 Å². The average Bonchev–Trinajstić information content (AvgIpc) is 2.95. The van der Waals surface area contributed by atoms with E-state index in [1.165, 1.54) is 6.33 Å². The van der Waals surface area contributed by atoms with Gasteiger partial charge >= 0.3 is 6.09 Å². The molecule has 0 radical (unpaired) electrons. The van der Waals surface area contributed by atoms with Gasteiger partial charge in [0.25, 0.3) is 0 Å². The fraction of sp³-hybridized carbons (Fsp3) is 0.688. The van der Waals surface area contributed by atoms with Gasteiger partial charge in [0.15, 0.2) is 0 Å². The number of imidazole rings is 1. The SMILES string of the molecule is CC(C)(C)[C@H](OC(N)=O)C(C)(C)C(=O)NC(CO)Cc1cnc[nH]1. The molecule has 2 amide bonds. The minimum atomic E-state index is -1.03. The van der Waals surface area contributed by atoms with E-state index in [4.69, 9.17) is 10.5 Å². The van der Waals surface area contributed by atoms with Crippen LogP contribution in [0.25, 0.3) is 0 Å². The predicted octanol–water partition coefficient (Wildman–Crippen LogP) is 0.966. The predicted molar refractivity (Wildman–Crippen MR) is 89.0 cm³/mol. The van der Waals surface area contributed by atoms with Crippen LogP contribution in [0.5, 0.6) is 0 Å². The summed E-state index contributed by atoms with van der Waals surface area (Å²) in [7, 11) is 0. The van der Waals surface area contributed by atoms with E-state index in [1.54, 1.807) is 20.0 Å². The fourth-order valence-electron chi connectivity index (χ4n) is 2.84. The number of aromatic nitrogens is 2. The van der Waals surface area contributed by atoms with Gasteiger partial charge in [0.2, 0.25) is 5.91 Å². The minimum absolute atomic E-state index is 0.225. The monoisotopic (exact) mass is 340 g/mol. The van der Waals surface area contributed by atoms with Crippen LogP contribution in [-0.4, -0.2) is 45.8 Å². The van der Waals surface area contributed by atoms with Gasteiger partial charge in [0.1, 0.15) is 6.10 Å². The number of H-pyrrole nitrogens is 1. The second-order valence-corrected chi connectivity index (χ2v) is 7.54. The lowest BCUT2D eigenvalue weighted by Gasteiger charge is -2.40. The molecule has 0 saturated heterocycles. The molecule has 136 valence electrons. The Hall–Kier alpha value is -2.09. The number of carbonyl (C=O) groups excluding carboxylic acids is 2. The Morgan fingerprint density at radius 3 is 2.42 bits per heavy atom. The van der Waals surface area contributed by atoms with E-state index in [2.05, 4.69) is 15.3 Å². The summed E-state index contributed by atoms with van der Waals surface area (Å²) in [5.41, 5.74) is 4.43. The number of nitrogens with one attached hydrogen (secondary N) is 2. The smallest absolute Gasteiger partial charge is 0.404 e. The maximum Gasteiger partial charge on any atom is 0.404 e. The Kier molecular flexibility index (Phi) is 6.36. The fourth-order valence-corrected chi connectivity index (χ4v) is 2.84. The van der Waals surface area contributed by atoms with E-state index in [0.29, 0.717) is 6.42 Å². The molecule has 2 atom stereocenters. The summed E-state index contributed by atoms with van der Waals surface area (Å²) in [5, 5.41) is 12.3. The van der Waals surface area contributed by atoms with Crippen molar-refractivity contribution in [2.24, 2.45) is 16.6 Å². The van der Waals surface area contributed by atoms with Gasteiger partial charge in [-0.2, -0.15) is 0 Å². The number of aliphatic hydroxyl groups excluding tert-OH is 1. The van der Waals surface area contributed by atoms with Crippen molar-refractivity contribution in [2.45, 2.75) is 53.2 Å². The van der Waals surface area contributed by atoms with E-state index >= 15 is 0 Å². The molecule has 0 spiro atoms. The van der Waals surface area contributed by atoms with Crippen molar-refractivity contribution in [1.29, 1.82) is 0 Å². The summed E-state index contributed by atoms with van der Waals surface area (Å²) in [6, 6.07) is -0.480. The number of hydrogen-bond acceptors (Lipinski definition) is 5. The summed E-state index contributed by atoms with van der Waals surface area (Å²) in [4.78, 5) is 30.8. The molecule has 0 bridgehead atoms. The Balaban J connectivity index is 2.89. The zero-order chi connectivity index (χ0) is 18.5. The van der Waals surface area contributed by atoms with Gasteiger partial charge in [-0.3, -0.25) is 4.79 Å². The van der Waals surface area contributed by atoms with Crippen molar-refractivity contribution >= 4 is 12.0 Å². The van der Waals surface area contributed by atoms with Crippen LogP contribution in [0.15, 0.2) is 12.5 Å². The zero-order valence-corrected chi connectivity index (χ0v) is 14.9. The Morgan fingerprint density at radius 2 is 2.00 bits per heavy atom. The quantitative estimate of drug-likeness (QED) is 0.587. The van der Waals surface area contributed by atoms with Crippen molar-refractivity contribution in [3.05, 3.63) is 18.2 Å². The van der Waals surface area contributed by atoms with Crippen LogP contribution >= 0.6 is 0 Å². The standard InChI is InChI=1S/C16H28N4O4/c1-15(2,3)12(24-14(17)23)16(4,5)13(22)20-11(8-21)6-10-7-18-9-19-10/h7,9,11-12,21H,6,8H2,1-5H3,(H2,17,23)(H,18,19)(H,20,22)/t11?,12-/m0/s1. The second-order valence-electron chi connectivity index (χ2n) is 7.54. The highest BCUT2D eigenvalue weighted by atomic mass is 16.6. The highest BCUT2D eigenvalue weighted by Gasteiger charge is 2.46. The highest BCUT2D eigenvalue weighted by Crippen LogP contribution is 2.36. The van der Waals surface area contributed by atoms with Crippen molar-refractivity contribution in [3.63, 3.8) is 0 Å². The third kappa shape index (κ3) is 5.23. The molecule has 24 heavy (non-hydrogen) atoms. The molecule has 0 aliphatic carbocycles. The lowest BCUT2D eigenvalue weighted by atomic mass is 9.72. The number of aromatic amines is 1. The average molecular weight is 340 g/mol. The molecule has 1 unspecified atom stereocenters. The van der Waals surface area contributed by atoms with Gasteiger partial charge in [-0.15, -0.1) is 0 Å². The second kappa shape index (κ2) is 7.65. The van der Waals surface area contributed by atoms with Gasteiger partial charge in [-0.25, -0.2) is 9.78 Å². The Morgan fingerprint density at radius 1 is 1.38 bits per heavy atom. The number of hydrogen-bond donors (Lipinski definition) is 4. The van der Waals surface area contributed by atoms with Gasteiger partial charge in [0.05, 0.1) is 24.4 Å².